The van der Waals surface area contributed by atoms with Crippen molar-refractivity contribution in [3.05, 3.63) is 41.0 Å². The van der Waals surface area contributed by atoms with Crippen LogP contribution in [-0.4, -0.2) is 48.3 Å². The molecular weight excluding hydrogens is 423 g/mol. The smallest absolute Gasteiger partial charge is 0.351 e. The normalized spacial score (nSPS) is 15.0. The highest BCUT2D eigenvalue weighted by Crippen LogP contribution is 2.67. The number of esters is 1. The highest BCUT2D eigenvalue weighted by Gasteiger charge is 2.54. The molecule has 0 saturated carbocycles. The second-order valence-electron chi connectivity index (χ2n) is 8.55. The number of carbonyl (C=O) groups excluding carboxylic acids is 3. The van der Waals surface area contributed by atoms with Gasteiger partial charge in [-0.1, -0.05) is 70.1 Å². The summed E-state index contributed by atoms with van der Waals surface area (Å²) in [6.07, 6.45) is 8.16. The van der Waals surface area contributed by atoms with E-state index in [9.17, 15) is 19.5 Å². The molecule has 2 rings (SSSR count). The van der Waals surface area contributed by atoms with Crippen LogP contribution in [0, 0.1) is 0 Å². The lowest BCUT2D eigenvalue weighted by molar-refractivity contribution is -0.245. The summed E-state index contributed by atoms with van der Waals surface area (Å²) in [5, 5.41) is 13.6. The molecule has 32 heavy (non-hydrogen) atoms. The lowest BCUT2D eigenvalue weighted by Gasteiger charge is -2.38. The fourth-order valence-corrected chi connectivity index (χ4v) is 10.2. The zero-order chi connectivity index (χ0) is 23.7. The Morgan fingerprint density at radius 2 is 1.38 bits per heavy atom. The maximum Gasteiger partial charge on any atom is 0.351 e. The van der Waals surface area contributed by atoms with Crippen molar-refractivity contribution in [3.8, 4) is 0 Å². The van der Waals surface area contributed by atoms with Crippen LogP contribution in [0.4, 0.5) is 0 Å². The molecule has 1 atom stereocenters. The van der Waals surface area contributed by atoms with Gasteiger partial charge < -0.3 is 9.84 Å². The molecule has 0 amide bonds. The topological polar surface area (TPSA) is 83.5 Å². The number of hydrogen-bond acceptors (Lipinski definition) is 5. The van der Waals surface area contributed by atoms with Gasteiger partial charge in [-0.25, -0.2) is 4.79 Å². The van der Waals surface area contributed by atoms with E-state index in [2.05, 4.69) is 20.8 Å². The van der Waals surface area contributed by atoms with Crippen LogP contribution in [0.15, 0.2) is 29.8 Å². The molecule has 0 bridgehead atoms. The molecular formula is C26H37O5P. The number of Topliss-reactive ketones (excluding diaryl/α,β-unsaturated/α-hetero) is 2. The molecule has 0 radical (unpaired) electrons. The van der Waals surface area contributed by atoms with Gasteiger partial charge in [0.2, 0.25) is 11.6 Å². The quantitative estimate of drug-likeness (QED) is 0.238. The van der Waals surface area contributed by atoms with Gasteiger partial charge in [0, 0.05) is 18.4 Å². The van der Waals surface area contributed by atoms with Gasteiger partial charge in [0.05, 0.1) is 25.1 Å². The summed E-state index contributed by atoms with van der Waals surface area (Å²) in [6, 6.07) is 6.42. The van der Waals surface area contributed by atoms with E-state index in [1.165, 1.54) is 6.07 Å². The fourth-order valence-electron chi connectivity index (χ4n) is 4.60. The Bertz CT molecular complexity index is 836. The van der Waals surface area contributed by atoms with Crippen LogP contribution < -0.4 is 5.11 Å². The number of carbonyl (C=O) groups is 3. The van der Waals surface area contributed by atoms with Crippen molar-refractivity contribution in [2.24, 2.45) is 0 Å². The average molecular weight is 461 g/mol. The van der Waals surface area contributed by atoms with Gasteiger partial charge in [-0.2, -0.15) is 0 Å². The second-order valence-corrected chi connectivity index (χ2v) is 12.8. The first kappa shape index (κ1) is 26.3. The highest BCUT2D eigenvalue weighted by atomic mass is 31.2. The van der Waals surface area contributed by atoms with Crippen molar-refractivity contribution < 1.29 is 24.2 Å². The Kier molecular flexibility index (Phi) is 10.1. The van der Waals surface area contributed by atoms with Crippen LogP contribution in [0.3, 0.4) is 0 Å². The number of rotatable bonds is 13. The van der Waals surface area contributed by atoms with E-state index in [4.69, 9.17) is 4.74 Å². The summed E-state index contributed by atoms with van der Waals surface area (Å²) in [5.74, 6) is -2.49. The summed E-state index contributed by atoms with van der Waals surface area (Å²) >= 11 is 0. The Morgan fingerprint density at radius 3 is 1.84 bits per heavy atom. The minimum Gasteiger partial charge on any atom is -0.872 e. The number of ether oxygens (including phenoxy) is 1. The number of benzene rings is 1. The van der Waals surface area contributed by atoms with Crippen LogP contribution in [0.2, 0.25) is 0 Å². The number of hydrogen-bond donors (Lipinski definition) is 0. The predicted octanol–water partition coefficient (Wildman–Crippen LogP) is 4.87. The molecule has 0 N–H and O–H groups in total. The Labute approximate surface area is 193 Å². The van der Waals surface area contributed by atoms with E-state index < -0.39 is 36.2 Å². The van der Waals surface area contributed by atoms with E-state index in [1.54, 1.807) is 25.1 Å². The predicted molar refractivity (Wildman–Crippen MR) is 129 cm³/mol. The van der Waals surface area contributed by atoms with Gasteiger partial charge in [-0.3, -0.25) is 9.59 Å². The summed E-state index contributed by atoms with van der Waals surface area (Å²) in [7, 11) is -2.13. The van der Waals surface area contributed by atoms with Gasteiger partial charge in [0.1, 0.15) is 0 Å². The van der Waals surface area contributed by atoms with Gasteiger partial charge in [-0.15, -0.1) is 0 Å². The molecule has 0 heterocycles. The van der Waals surface area contributed by atoms with Crippen LogP contribution in [0.25, 0.3) is 5.76 Å². The number of unbranched alkanes of at least 4 members (excludes halogenated alkanes) is 3. The zero-order valence-electron chi connectivity index (χ0n) is 19.9. The summed E-state index contributed by atoms with van der Waals surface area (Å²) in [4.78, 5) is 39.7. The Morgan fingerprint density at radius 1 is 0.875 bits per heavy atom. The highest BCUT2D eigenvalue weighted by molar-refractivity contribution is 7.77. The van der Waals surface area contributed by atoms with E-state index in [1.807, 2.05) is 0 Å². The van der Waals surface area contributed by atoms with E-state index >= 15 is 0 Å². The molecule has 5 nitrogen and oxygen atoms in total. The van der Waals surface area contributed by atoms with Crippen molar-refractivity contribution in [1.29, 1.82) is 0 Å². The third kappa shape index (κ3) is 5.49. The van der Waals surface area contributed by atoms with Crippen LogP contribution in [-0.2, 0) is 14.3 Å². The maximum absolute atomic E-state index is 13.6. The first-order chi connectivity index (χ1) is 15.4. The molecule has 1 aliphatic rings. The van der Waals surface area contributed by atoms with E-state index in [0.717, 1.165) is 57.0 Å². The largest absolute Gasteiger partial charge is 0.872 e. The molecule has 0 spiro atoms. The maximum atomic E-state index is 13.6. The third-order valence-electron chi connectivity index (χ3n) is 6.31. The molecule has 1 aliphatic carbocycles. The summed E-state index contributed by atoms with van der Waals surface area (Å²) in [6.45, 7) is 8.23. The van der Waals surface area contributed by atoms with Crippen molar-refractivity contribution in [2.45, 2.75) is 71.9 Å². The van der Waals surface area contributed by atoms with Gasteiger partial charge in [0.15, 0.2) is 5.66 Å². The van der Waals surface area contributed by atoms with Gasteiger partial charge in [0.25, 0.3) is 0 Å². The molecule has 1 unspecified atom stereocenters. The summed E-state index contributed by atoms with van der Waals surface area (Å²) in [5.41, 5.74) is -0.692. The molecule has 0 aliphatic heterocycles. The molecule has 1 aromatic carbocycles. The molecule has 0 fully saturated rings. The second kappa shape index (κ2) is 12.3. The van der Waals surface area contributed by atoms with Crippen LogP contribution in [0.5, 0.6) is 0 Å². The summed E-state index contributed by atoms with van der Waals surface area (Å²) < 4.78 is 5.48. The number of fused-ring (bicyclic) bond motifs is 1. The van der Waals surface area contributed by atoms with E-state index in [0.29, 0.717) is 0 Å². The standard InChI is InChI=1S/C26H37O5P/c1-5-9-16-32(17-10-6-2,18-11-7-3)25(26(30)31-8-4)21-22(27)19-14-12-13-15-20(19)23(28)24(21)29/h12-15,25H,5-11,16-18H2,1-4H3. The average Bonchev–Trinajstić information content (AvgIpc) is 2.80. The Balaban J connectivity index is 2.77. The van der Waals surface area contributed by atoms with Crippen molar-refractivity contribution >= 4 is 30.6 Å². The van der Waals surface area contributed by atoms with Crippen molar-refractivity contribution in [3.63, 3.8) is 0 Å². The Hall–Kier alpha value is -2.00. The molecule has 6 heteroatoms. The lowest BCUT2D eigenvalue weighted by Crippen LogP contribution is -2.41. The first-order valence-electron chi connectivity index (χ1n) is 12.0. The molecule has 0 saturated heterocycles. The monoisotopic (exact) mass is 460 g/mol. The minimum absolute atomic E-state index is 0.133. The fraction of sp³-hybridized carbons (Fsp3) is 0.577. The SMILES string of the molecule is CCCC[P+](CCCC)(CCCC)C(C(=O)OCC)C1=C([O-])c2ccccc2C(=O)C1=O. The third-order valence-corrected chi connectivity index (χ3v) is 11.5. The molecule has 1 aromatic rings. The number of ketones is 2. The molecule has 0 aromatic heterocycles. The van der Waals surface area contributed by atoms with Gasteiger partial charge >= 0.3 is 5.97 Å². The van der Waals surface area contributed by atoms with Gasteiger partial charge in [-0.05, 0) is 31.7 Å². The van der Waals surface area contributed by atoms with Crippen LogP contribution in [0.1, 0.15) is 82.1 Å². The minimum atomic E-state index is -2.13. The van der Waals surface area contributed by atoms with Crippen molar-refractivity contribution in [1.82, 2.24) is 0 Å². The molecule has 176 valence electrons. The first-order valence-corrected chi connectivity index (χ1v) is 14.4. The van der Waals surface area contributed by atoms with E-state index in [-0.39, 0.29) is 23.3 Å². The lowest BCUT2D eigenvalue weighted by atomic mass is 9.87. The van der Waals surface area contributed by atoms with Crippen molar-refractivity contribution in [2.75, 3.05) is 25.1 Å². The zero-order valence-corrected chi connectivity index (χ0v) is 20.8. The van der Waals surface area contributed by atoms with Crippen LogP contribution >= 0.6 is 7.26 Å².